The Balaban J connectivity index is 2.66. The molecule has 0 aromatic heterocycles. The molecule has 0 heterocycles. The predicted octanol–water partition coefficient (Wildman–Crippen LogP) is 0.609. The summed E-state index contributed by atoms with van der Waals surface area (Å²) in [6.45, 7) is 1.61. The van der Waals surface area contributed by atoms with Crippen LogP contribution < -0.4 is 11.1 Å². The van der Waals surface area contributed by atoms with E-state index < -0.39 is 29.7 Å². The number of carboxylic acids is 2. The van der Waals surface area contributed by atoms with Crippen molar-refractivity contribution in [3.8, 4) is 5.75 Å². The molecule has 1 aromatic rings. The number of aliphatic carboxylic acids is 2. The standard InChI is InChI=1S/C14H20N2O6S2/c1-8(9-4-2-3-5-11(9)17)16-14(22,13(20)21)7-24-23-6-10(15)12(18)19/h2-5,8,10,16-17,22H,6-7,15H2,1H3,(H,18,19)(H,20,21). The number of hydrogen-bond acceptors (Lipinski definition) is 8. The van der Waals surface area contributed by atoms with Gasteiger partial charge in [-0.2, -0.15) is 0 Å². The summed E-state index contributed by atoms with van der Waals surface area (Å²) < 4.78 is 0. The molecule has 0 saturated carbocycles. The van der Waals surface area contributed by atoms with Crippen LogP contribution in [0, 0.1) is 0 Å². The third-order valence-electron chi connectivity index (χ3n) is 3.13. The molecule has 0 saturated heterocycles. The van der Waals surface area contributed by atoms with Crippen molar-refractivity contribution in [3.05, 3.63) is 29.8 Å². The zero-order chi connectivity index (χ0) is 18.3. The van der Waals surface area contributed by atoms with E-state index in [-0.39, 0.29) is 17.3 Å². The van der Waals surface area contributed by atoms with Crippen LogP contribution in [-0.2, 0) is 9.59 Å². The van der Waals surface area contributed by atoms with E-state index in [1.54, 1.807) is 25.1 Å². The molecule has 3 unspecified atom stereocenters. The smallest absolute Gasteiger partial charge is 0.352 e. The van der Waals surface area contributed by atoms with Crippen molar-refractivity contribution in [3.63, 3.8) is 0 Å². The van der Waals surface area contributed by atoms with Gasteiger partial charge in [0.1, 0.15) is 11.8 Å². The summed E-state index contributed by atoms with van der Waals surface area (Å²) in [5.41, 5.74) is 3.55. The van der Waals surface area contributed by atoms with E-state index in [2.05, 4.69) is 5.32 Å². The van der Waals surface area contributed by atoms with E-state index >= 15 is 0 Å². The Hall–Kier alpha value is -1.46. The third-order valence-corrected chi connectivity index (χ3v) is 5.59. The zero-order valence-electron chi connectivity index (χ0n) is 12.9. The monoisotopic (exact) mass is 376 g/mol. The second kappa shape index (κ2) is 9.14. The van der Waals surface area contributed by atoms with Gasteiger partial charge in [-0.1, -0.05) is 39.8 Å². The molecule has 0 fully saturated rings. The molecule has 0 aliphatic carbocycles. The van der Waals surface area contributed by atoms with Crippen LogP contribution >= 0.6 is 21.6 Å². The Morgan fingerprint density at radius 2 is 1.92 bits per heavy atom. The van der Waals surface area contributed by atoms with Crippen LogP contribution in [0.5, 0.6) is 5.75 Å². The van der Waals surface area contributed by atoms with Crippen molar-refractivity contribution in [2.75, 3.05) is 11.5 Å². The van der Waals surface area contributed by atoms with Crippen LogP contribution in [-0.4, -0.2) is 55.6 Å². The van der Waals surface area contributed by atoms with Crippen LogP contribution in [0.15, 0.2) is 24.3 Å². The minimum Gasteiger partial charge on any atom is -0.508 e. The highest BCUT2D eigenvalue weighted by atomic mass is 33.1. The zero-order valence-corrected chi connectivity index (χ0v) is 14.5. The van der Waals surface area contributed by atoms with Gasteiger partial charge < -0.3 is 26.2 Å². The minimum atomic E-state index is -2.24. The first-order valence-electron chi connectivity index (χ1n) is 6.91. The SMILES string of the molecule is CC(NC(O)(CSSCC(N)C(=O)O)C(=O)O)c1ccccc1O. The fraction of sp³-hybridized carbons (Fsp3) is 0.429. The van der Waals surface area contributed by atoms with Gasteiger partial charge in [-0.25, -0.2) is 4.79 Å². The van der Waals surface area contributed by atoms with Gasteiger partial charge in [-0.05, 0) is 13.0 Å². The first kappa shape index (κ1) is 20.6. The number of aliphatic hydroxyl groups is 1. The summed E-state index contributed by atoms with van der Waals surface area (Å²) in [6, 6.07) is 4.71. The van der Waals surface area contributed by atoms with Crippen molar-refractivity contribution >= 4 is 33.5 Å². The summed E-state index contributed by atoms with van der Waals surface area (Å²) in [4.78, 5) is 22.0. The lowest BCUT2D eigenvalue weighted by atomic mass is 10.1. The number of nitrogens with two attached hydrogens (primary N) is 1. The molecular formula is C14H20N2O6S2. The molecule has 0 aliphatic heterocycles. The molecule has 1 aromatic carbocycles. The van der Waals surface area contributed by atoms with Crippen molar-refractivity contribution in [2.24, 2.45) is 5.73 Å². The van der Waals surface area contributed by atoms with Gasteiger partial charge in [0, 0.05) is 17.4 Å². The average Bonchev–Trinajstić information content (AvgIpc) is 2.51. The second-order valence-corrected chi connectivity index (χ2v) is 7.59. The number of rotatable bonds is 10. The van der Waals surface area contributed by atoms with Crippen molar-refractivity contribution in [1.29, 1.82) is 0 Å². The first-order valence-corrected chi connectivity index (χ1v) is 9.40. The number of aromatic hydroxyl groups is 1. The van der Waals surface area contributed by atoms with Crippen LogP contribution in [0.2, 0.25) is 0 Å². The average molecular weight is 376 g/mol. The Morgan fingerprint density at radius 3 is 2.46 bits per heavy atom. The summed E-state index contributed by atoms with van der Waals surface area (Å²) >= 11 is 0. The Labute approximate surface area is 146 Å². The lowest BCUT2D eigenvalue weighted by molar-refractivity contribution is -0.160. The largest absolute Gasteiger partial charge is 0.508 e. The molecule has 0 spiro atoms. The second-order valence-electron chi connectivity index (χ2n) is 5.08. The molecule has 3 atom stereocenters. The lowest BCUT2D eigenvalue weighted by Crippen LogP contribution is -2.55. The maximum Gasteiger partial charge on any atom is 0.352 e. The van der Waals surface area contributed by atoms with Crippen LogP contribution in [0.1, 0.15) is 18.5 Å². The third kappa shape index (κ3) is 5.87. The number of phenols is 1. The molecule has 7 N–H and O–H groups in total. The van der Waals surface area contributed by atoms with E-state index in [1.807, 2.05) is 0 Å². The first-order chi connectivity index (χ1) is 11.2. The fourth-order valence-electron chi connectivity index (χ4n) is 1.77. The van der Waals surface area contributed by atoms with Gasteiger partial charge in [-0.3, -0.25) is 10.1 Å². The van der Waals surface area contributed by atoms with E-state index in [9.17, 15) is 24.9 Å². The summed E-state index contributed by atoms with van der Waals surface area (Å²) in [5, 5.41) is 40.6. The number of carboxylic acid groups (broad SMARTS) is 2. The number of nitrogens with one attached hydrogen (secondary N) is 1. The highest BCUT2D eigenvalue weighted by Gasteiger charge is 2.38. The molecule has 0 aliphatic rings. The van der Waals surface area contributed by atoms with Gasteiger partial charge in [0.25, 0.3) is 0 Å². The van der Waals surface area contributed by atoms with Crippen molar-refractivity contribution < 1.29 is 30.0 Å². The van der Waals surface area contributed by atoms with Crippen molar-refractivity contribution in [1.82, 2.24) is 5.32 Å². The van der Waals surface area contributed by atoms with Gasteiger partial charge in [0.05, 0.1) is 5.75 Å². The number of carbonyl (C=O) groups is 2. The van der Waals surface area contributed by atoms with Crippen LogP contribution in [0.4, 0.5) is 0 Å². The normalized spacial score (nSPS) is 16.1. The molecule has 10 heteroatoms. The number of benzene rings is 1. The van der Waals surface area contributed by atoms with Gasteiger partial charge >= 0.3 is 11.9 Å². The van der Waals surface area contributed by atoms with E-state index in [0.717, 1.165) is 21.6 Å². The Morgan fingerprint density at radius 1 is 1.29 bits per heavy atom. The Bertz CT molecular complexity index is 588. The van der Waals surface area contributed by atoms with E-state index in [0.29, 0.717) is 5.56 Å². The topological polar surface area (TPSA) is 153 Å². The van der Waals surface area contributed by atoms with Crippen LogP contribution in [0.3, 0.4) is 0 Å². The molecule has 134 valence electrons. The molecular weight excluding hydrogens is 356 g/mol. The lowest BCUT2D eigenvalue weighted by Gasteiger charge is -2.28. The minimum absolute atomic E-state index is 0.0142. The molecule has 0 bridgehead atoms. The highest BCUT2D eigenvalue weighted by Crippen LogP contribution is 2.29. The van der Waals surface area contributed by atoms with Gasteiger partial charge in [-0.15, -0.1) is 0 Å². The highest BCUT2D eigenvalue weighted by molar-refractivity contribution is 8.76. The predicted molar refractivity (Wildman–Crippen MR) is 92.8 cm³/mol. The maximum absolute atomic E-state index is 11.4. The number of para-hydroxylation sites is 1. The van der Waals surface area contributed by atoms with Gasteiger partial charge in [0.2, 0.25) is 5.72 Å². The molecule has 24 heavy (non-hydrogen) atoms. The van der Waals surface area contributed by atoms with E-state index in [4.69, 9.17) is 10.8 Å². The summed E-state index contributed by atoms with van der Waals surface area (Å²) in [7, 11) is 2.05. The molecule has 0 amide bonds. The molecule has 0 radical (unpaired) electrons. The van der Waals surface area contributed by atoms with Crippen molar-refractivity contribution in [2.45, 2.75) is 24.7 Å². The number of phenolic OH excluding ortho intramolecular Hbond substituents is 1. The quantitative estimate of drug-likeness (QED) is 0.194. The molecule has 8 nitrogen and oxygen atoms in total. The summed E-state index contributed by atoms with van der Waals surface area (Å²) in [6.07, 6.45) is 0. The summed E-state index contributed by atoms with van der Waals surface area (Å²) in [5.74, 6) is -2.80. The van der Waals surface area contributed by atoms with Gasteiger partial charge in [0.15, 0.2) is 0 Å². The molecule has 1 rings (SSSR count). The van der Waals surface area contributed by atoms with Crippen LogP contribution in [0.25, 0.3) is 0 Å². The Kier molecular flexibility index (Phi) is 7.84. The maximum atomic E-state index is 11.4. The number of hydrogen-bond donors (Lipinski definition) is 6. The fourth-order valence-corrected chi connectivity index (χ4v) is 4.11. The van der Waals surface area contributed by atoms with E-state index in [1.165, 1.54) is 6.07 Å².